The number of benzene rings is 1. The summed E-state index contributed by atoms with van der Waals surface area (Å²) in [5.41, 5.74) is 0.331. The van der Waals surface area contributed by atoms with Crippen LogP contribution in [0.3, 0.4) is 0 Å². The van der Waals surface area contributed by atoms with Gasteiger partial charge in [0, 0.05) is 12.8 Å². The number of Topliss-reactive ketones (excluding diaryl/α,β-unsaturated/α-hetero) is 1. The number of carbonyl (C=O) groups excluding carboxylic acids is 2. The molecule has 0 aliphatic heterocycles. The molecule has 0 heterocycles. The minimum atomic E-state index is -0.428. The average Bonchev–Trinajstić information content (AvgIpc) is 2.43. The van der Waals surface area contributed by atoms with Gasteiger partial charge in [0.05, 0.1) is 19.1 Å². The minimum Gasteiger partial charge on any atom is -0.493 e. The van der Waals surface area contributed by atoms with Crippen molar-refractivity contribution in [1.82, 2.24) is 0 Å². The van der Waals surface area contributed by atoms with Gasteiger partial charge in [-0.2, -0.15) is 0 Å². The van der Waals surface area contributed by atoms with Crippen molar-refractivity contribution in [1.29, 1.82) is 0 Å². The van der Waals surface area contributed by atoms with Crippen LogP contribution in [0.4, 0.5) is 0 Å². The van der Waals surface area contributed by atoms with Crippen LogP contribution < -0.4 is 9.47 Å². The highest BCUT2D eigenvalue weighted by Gasteiger charge is 2.17. The van der Waals surface area contributed by atoms with Gasteiger partial charge >= 0.3 is 5.97 Å². The van der Waals surface area contributed by atoms with Crippen LogP contribution in [0.25, 0.3) is 0 Å². The van der Waals surface area contributed by atoms with E-state index in [2.05, 4.69) is 11.8 Å². The predicted octanol–water partition coefficient (Wildman–Crippen LogP) is 3.00. The van der Waals surface area contributed by atoms with E-state index in [0.29, 0.717) is 17.7 Å². The Morgan fingerprint density at radius 3 is 2.60 bits per heavy atom. The molecule has 20 heavy (non-hydrogen) atoms. The molecule has 0 atom stereocenters. The highest BCUT2D eigenvalue weighted by Crippen LogP contribution is 2.31. The van der Waals surface area contributed by atoms with Crippen LogP contribution in [-0.2, 0) is 4.79 Å². The van der Waals surface area contributed by atoms with Crippen molar-refractivity contribution >= 4 is 11.8 Å². The van der Waals surface area contributed by atoms with E-state index < -0.39 is 5.97 Å². The third-order valence-corrected chi connectivity index (χ3v) is 2.55. The van der Waals surface area contributed by atoms with Gasteiger partial charge in [0.1, 0.15) is 0 Å². The van der Waals surface area contributed by atoms with Crippen LogP contribution in [0.5, 0.6) is 11.5 Å². The van der Waals surface area contributed by atoms with Gasteiger partial charge in [0.25, 0.3) is 0 Å². The normalized spacial score (nSPS) is 9.35. The van der Waals surface area contributed by atoms with Gasteiger partial charge in [-0.05, 0) is 19.1 Å². The third-order valence-electron chi connectivity index (χ3n) is 2.55. The molecular weight excluding hydrogens is 256 g/mol. The van der Waals surface area contributed by atoms with Crippen molar-refractivity contribution in [3.63, 3.8) is 0 Å². The number of ketones is 1. The Morgan fingerprint density at radius 2 is 2.00 bits per heavy atom. The topological polar surface area (TPSA) is 52.6 Å². The van der Waals surface area contributed by atoms with E-state index in [1.165, 1.54) is 14.0 Å². The molecule has 0 saturated carbocycles. The van der Waals surface area contributed by atoms with Gasteiger partial charge in [-0.25, -0.2) is 0 Å². The molecule has 1 aromatic carbocycles. The Hall–Kier alpha value is -2.28. The number of carbonyl (C=O) groups is 2. The highest BCUT2D eigenvalue weighted by atomic mass is 16.6. The second-order valence-corrected chi connectivity index (χ2v) is 4.07. The maximum atomic E-state index is 11.8. The summed E-state index contributed by atoms with van der Waals surface area (Å²) in [4.78, 5) is 23.3. The second kappa shape index (κ2) is 8.00. The average molecular weight is 274 g/mol. The SMILES string of the molecule is CCC#CCCC(=O)Oc1c(OC)cccc1C(C)=O. The molecule has 0 aromatic heterocycles. The van der Waals surface area contributed by atoms with E-state index in [9.17, 15) is 9.59 Å². The molecule has 4 heteroatoms. The van der Waals surface area contributed by atoms with Crippen LogP contribution in [-0.4, -0.2) is 18.9 Å². The molecule has 0 radical (unpaired) electrons. The lowest BCUT2D eigenvalue weighted by Gasteiger charge is -2.11. The summed E-state index contributed by atoms with van der Waals surface area (Å²) in [6.45, 7) is 3.36. The zero-order chi connectivity index (χ0) is 15.0. The Kier molecular flexibility index (Phi) is 6.31. The lowest BCUT2D eigenvalue weighted by Crippen LogP contribution is -2.11. The predicted molar refractivity (Wildman–Crippen MR) is 75.9 cm³/mol. The molecule has 0 bridgehead atoms. The Morgan fingerprint density at radius 1 is 1.25 bits per heavy atom. The Balaban J connectivity index is 2.85. The zero-order valence-electron chi connectivity index (χ0n) is 12.0. The van der Waals surface area contributed by atoms with E-state index in [4.69, 9.17) is 9.47 Å². The van der Waals surface area contributed by atoms with E-state index in [1.54, 1.807) is 18.2 Å². The fourth-order valence-corrected chi connectivity index (χ4v) is 1.60. The molecule has 1 aromatic rings. The van der Waals surface area contributed by atoms with Gasteiger partial charge in [-0.1, -0.05) is 13.0 Å². The number of methoxy groups -OCH3 is 1. The molecule has 0 aliphatic carbocycles. The number of hydrogen-bond donors (Lipinski definition) is 0. The van der Waals surface area contributed by atoms with Crippen molar-refractivity contribution in [2.24, 2.45) is 0 Å². The van der Waals surface area contributed by atoms with Crippen molar-refractivity contribution < 1.29 is 19.1 Å². The van der Waals surface area contributed by atoms with Gasteiger partial charge in [0.15, 0.2) is 17.3 Å². The van der Waals surface area contributed by atoms with E-state index in [0.717, 1.165) is 6.42 Å². The van der Waals surface area contributed by atoms with Gasteiger partial charge in [-0.3, -0.25) is 9.59 Å². The fourth-order valence-electron chi connectivity index (χ4n) is 1.60. The third kappa shape index (κ3) is 4.43. The summed E-state index contributed by atoms with van der Waals surface area (Å²) in [5, 5.41) is 0. The maximum Gasteiger partial charge on any atom is 0.312 e. The van der Waals surface area contributed by atoms with E-state index in [-0.39, 0.29) is 18.0 Å². The number of esters is 1. The molecule has 1 rings (SSSR count). The van der Waals surface area contributed by atoms with Gasteiger partial charge in [0.2, 0.25) is 0 Å². The van der Waals surface area contributed by atoms with Crippen molar-refractivity contribution in [3.8, 4) is 23.3 Å². The lowest BCUT2D eigenvalue weighted by molar-refractivity contribution is -0.134. The first-order valence-corrected chi connectivity index (χ1v) is 6.44. The quantitative estimate of drug-likeness (QED) is 0.358. The summed E-state index contributed by atoms with van der Waals surface area (Å²) < 4.78 is 10.4. The van der Waals surface area contributed by atoms with Crippen LogP contribution >= 0.6 is 0 Å². The smallest absolute Gasteiger partial charge is 0.312 e. The number of hydrogen-bond acceptors (Lipinski definition) is 4. The maximum absolute atomic E-state index is 11.8. The lowest BCUT2D eigenvalue weighted by atomic mass is 10.1. The number of para-hydroxylation sites is 1. The van der Waals surface area contributed by atoms with Crippen LogP contribution in [0.15, 0.2) is 18.2 Å². The summed E-state index contributed by atoms with van der Waals surface area (Å²) in [5.74, 6) is 5.68. The number of ether oxygens (including phenoxy) is 2. The molecule has 0 aliphatic rings. The Labute approximate surface area is 119 Å². The summed E-state index contributed by atoms with van der Waals surface area (Å²) >= 11 is 0. The van der Waals surface area contributed by atoms with Crippen LogP contribution in [0, 0.1) is 11.8 Å². The Bertz CT molecular complexity index is 549. The van der Waals surface area contributed by atoms with Crippen LogP contribution in [0.2, 0.25) is 0 Å². The van der Waals surface area contributed by atoms with E-state index >= 15 is 0 Å². The molecule has 0 spiro atoms. The molecule has 0 unspecified atom stereocenters. The highest BCUT2D eigenvalue weighted by molar-refractivity contribution is 5.98. The largest absolute Gasteiger partial charge is 0.493 e. The molecule has 0 saturated heterocycles. The van der Waals surface area contributed by atoms with Gasteiger partial charge < -0.3 is 9.47 Å². The van der Waals surface area contributed by atoms with E-state index in [1.807, 2.05) is 6.92 Å². The molecule has 0 amide bonds. The first-order chi connectivity index (χ1) is 9.60. The molecule has 4 nitrogen and oxygen atoms in total. The van der Waals surface area contributed by atoms with Gasteiger partial charge in [-0.15, -0.1) is 11.8 Å². The fraction of sp³-hybridized carbons (Fsp3) is 0.375. The summed E-state index contributed by atoms with van der Waals surface area (Å²) in [6.07, 6.45) is 1.38. The standard InChI is InChI=1S/C16H18O4/c1-4-5-6-7-11-15(18)20-16-13(12(2)17)9-8-10-14(16)19-3/h8-10H,4,7,11H2,1-3H3. The molecular formula is C16H18O4. The second-order valence-electron chi connectivity index (χ2n) is 4.07. The number of rotatable bonds is 5. The zero-order valence-corrected chi connectivity index (χ0v) is 12.0. The van der Waals surface area contributed by atoms with Crippen LogP contribution in [0.1, 0.15) is 43.5 Å². The van der Waals surface area contributed by atoms with Crippen molar-refractivity contribution in [2.75, 3.05) is 7.11 Å². The molecule has 106 valence electrons. The molecule has 0 N–H and O–H groups in total. The first-order valence-electron chi connectivity index (χ1n) is 6.44. The first kappa shape index (κ1) is 15.8. The monoisotopic (exact) mass is 274 g/mol. The summed E-state index contributed by atoms with van der Waals surface area (Å²) in [7, 11) is 1.46. The molecule has 0 fully saturated rings. The summed E-state index contributed by atoms with van der Waals surface area (Å²) in [6, 6.07) is 4.93. The van der Waals surface area contributed by atoms with Crippen molar-refractivity contribution in [3.05, 3.63) is 23.8 Å². The minimum absolute atomic E-state index is 0.177. The van der Waals surface area contributed by atoms with Crippen molar-refractivity contribution in [2.45, 2.75) is 33.1 Å².